The second-order valence-electron chi connectivity index (χ2n) is 19.4. The number of benzene rings is 3. The van der Waals surface area contributed by atoms with Crippen molar-refractivity contribution in [1.82, 2.24) is 35.3 Å². The molecule has 3 aromatic carbocycles. The van der Waals surface area contributed by atoms with E-state index in [9.17, 15) is 29.4 Å². The number of likely N-dealkylation sites (tertiary alicyclic amines) is 1. The van der Waals surface area contributed by atoms with Crippen molar-refractivity contribution in [2.75, 3.05) is 24.6 Å². The molecular formula is C52H57N9O7S2. The fourth-order valence-corrected chi connectivity index (χ4v) is 11.6. The number of aliphatic carboxylic acids is 1. The zero-order valence-corrected chi connectivity index (χ0v) is 42.1. The van der Waals surface area contributed by atoms with Crippen molar-refractivity contribution in [2.24, 2.45) is 10.4 Å². The maximum absolute atomic E-state index is 14.3. The predicted molar refractivity (Wildman–Crippen MR) is 270 cm³/mol. The van der Waals surface area contributed by atoms with Crippen LogP contribution in [0.4, 0.5) is 11.4 Å². The number of aryl methyl sites for hydroxylation is 3. The van der Waals surface area contributed by atoms with Crippen molar-refractivity contribution >= 4 is 63.5 Å². The smallest absolute Gasteiger partial charge is 0.306 e. The number of thiazole rings is 1. The molecule has 18 heteroatoms. The minimum Gasteiger partial charge on any atom is -0.484 e. The summed E-state index contributed by atoms with van der Waals surface area (Å²) in [5.74, 6) is -0.595. The van der Waals surface area contributed by atoms with Crippen molar-refractivity contribution in [3.05, 3.63) is 122 Å². The molecule has 0 bridgehead atoms. The summed E-state index contributed by atoms with van der Waals surface area (Å²) in [5.41, 5.74) is 10.6. The number of anilines is 2. The molecule has 6 heterocycles. The van der Waals surface area contributed by atoms with Gasteiger partial charge in [-0.15, -0.1) is 32.9 Å². The van der Waals surface area contributed by atoms with E-state index in [1.807, 2.05) is 106 Å². The lowest BCUT2D eigenvalue weighted by Gasteiger charge is -2.35. The first-order valence-electron chi connectivity index (χ1n) is 23.4. The predicted octanol–water partition coefficient (Wildman–Crippen LogP) is 7.50. The van der Waals surface area contributed by atoms with Gasteiger partial charge in [-0.05, 0) is 99.0 Å². The summed E-state index contributed by atoms with van der Waals surface area (Å²) in [6.45, 7) is 15.7. The average molecular weight is 984 g/mol. The van der Waals surface area contributed by atoms with E-state index in [0.717, 1.165) is 83.9 Å². The van der Waals surface area contributed by atoms with Crippen LogP contribution in [0.25, 0.3) is 15.4 Å². The Balaban J connectivity index is 0.840. The van der Waals surface area contributed by atoms with E-state index < -0.39 is 47.4 Å². The molecule has 3 aliphatic rings. The summed E-state index contributed by atoms with van der Waals surface area (Å²) in [6.07, 6.45) is -0.290. The van der Waals surface area contributed by atoms with Crippen LogP contribution in [0.5, 0.6) is 5.75 Å². The molecule has 4 N–H and O–H groups in total. The number of carbonyl (C=O) groups excluding carboxylic acids is 3. The summed E-state index contributed by atoms with van der Waals surface area (Å²) >= 11 is 3.19. The highest BCUT2D eigenvalue weighted by Crippen LogP contribution is 2.41. The van der Waals surface area contributed by atoms with Crippen LogP contribution in [0.3, 0.4) is 0 Å². The van der Waals surface area contributed by atoms with Crippen molar-refractivity contribution in [3.63, 3.8) is 0 Å². The third-order valence-electron chi connectivity index (χ3n) is 13.4. The van der Waals surface area contributed by atoms with Gasteiger partial charge in [-0.25, -0.2) is 4.98 Å². The van der Waals surface area contributed by atoms with Crippen LogP contribution in [-0.2, 0) is 25.6 Å². The molecule has 70 heavy (non-hydrogen) atoms. The maximum atomic E-state index is 14.3. The molecule has 3 amide bonds. The highest BCUT2D eigenvalue weighted by molar-refractivity contribution is 7.15. The highest BCUT2D eigenvalue weighted by atomic mass is 32.1. The Kier molecular flexibility index (Phi) is 13.2. The van der Waals surface area contributed by atoms with E-state index in [1.165, 1.54) is 4.90 Å². The third-order valence-corrected chi connectivity index (χ3v) is 15.6. The number of β-amino-alcohol motifs (C(OH)–C–C–N with tert-alkyl or cyclic N) is 1. The Bertz CT molecular complexity index is 3020. The SMILES string of the molecule is Cc1ncsc1-c1ccc(C(C)NC(=O)[C@@H]2C[C@@H](O)CN2C(=O)C(NC(=O)COc2ccc3c(c2)CCN3c2ccc(C3=N[C@@H](CC(=O)O)c4nnc(C)n4-c4sc(C)c(C)c43)cc2)C(C)(C)C)cc1. The minimum atomic E-state index is -1.00. The van der Waals surface area contributed by atoms with Gasteiger partial charge in [-0.2, -0.15) is 0 Å². The van der Waals surface area contributed by atoms with Crippen LogP contribution in [0.15, 0.2) is 77.2 Å². The van der Waals surface area contributed by atoms with Gasteiger partial charge in [0.25, 0.3) is 5.91 Å². The zero-order valence-electron chi connectivity index (χ0n) is 40.4. The minimum absolute atomic E-state index is 0.0334. The monoisotopic (exact) mass is 983 g/mol. The van der Waals surface area contributed by atoms with Crippen molar-refractivity contribution in [1.29, 1.82) is 0 Å². The topological polar surface area (TPSA) is 204 Å². The first-order chi connectivity index (χ1) is 33.4. The number of fused-ring (bicyclic) bond motifs is 4. The molecular weight excluding hydrogens is 927 g/mol. The van der Waals surface area contributed by atoms with Gasteiger partial charge in [0.1, 0.15) is 34.7 Å². The summed E-state index contributed by atoms with van der Waals surface area (Å²) in [4.78, 5) is 68.9. The Labute approximate surface area is 414 Å². The van der Waals surface area contributed by atoms with Crippen LogP contribution >= 0.6 is 22.7 Å². The van der Waals surface area contributed by atoms with Crippen molar-refractivity contribution in [3.8, 4) is 21.2 Å². The van der Waals surface area contributed by atoms with E-state index in [4.69, 9.17) is 9.73 Å². The van der Waals surface area contributed by atoms with Gasteiger partial charge in [-0.1, -0.05) is 57.2 Å². The maximum Gasteiger partial charge on any atom is 0.306 e. The first kappa shape index (κ1) is 48.3. The van der Waals surface area contributed by atoms with Gasteiger partial charge < -0.3 is 35.4 Å². The molecule has 16 nitrogen and oxygen atoms in total. The van der Waals surface area contributed by atoms with E-state index in [2.05, 4.69) is 56.7 Å². The Morgan fingerprint density at radius 3 is 2.36 bits per heavy atom. The second kappa shape index (κ2) is 19.2. The number of rotatable bonds is 13. The number of nitrogens with zero attached hydrogens (tertiary/aromatic N) is 7. The van der Waals surface area contributed by atoms with Gasteiger partial charge in [0.15, 0.2) is 12.4 Å². The van der Waals surface area contributed by atoms with Gasteiger partial charge in [0.05, 0.1) is 40.4 Å². The number of aliphatic hydroxyl groups is 1. The summed E-state index contributed by atoms with van der Waals surface area (Å²) in [5, 5.41) is 36.1. The van der Waals surface area contributed by atoms with Crippen LogP contribution < -0.4 is 20.3 Å². The number of aliphatic imine (C=N–C) groups is 1. The Hall–Kier alpha value is -6.76. The lowest BCUT2D eigenvalue weighted by atomic mass is 9.85. The molecule has 0 saturated carbocycles. The largest absolute Gasteiger partial charge is 0.484 e. The second-order valence-corrected chi connectivity index (χ2v) is 21.5. The summed E-state index contributed by atoms with van der Waals surface area (Å²) < 4.78 is 7.97. The molecule has 1 fully saturated rings. The lowest BCUT2D eigenvalue weighted by molar-refractivity contribution is -0.144. The number of thiophene rings is 1. The Morgan fingerprint density at radius 1 is 0.943 bits per heavy atom. The molecule has 6 aromatic rings. The van der Waals surface area contributed by atoms with Gasteiger partial charge in [0.2, 0.25) is 11.8 Å². The third kappa shape index (κ3) is 9.46. The molecule has 0 radical (unpaired) electrons. The standard InChI is InChI=1S/C52H57N9O7S2/c1-27-30(4)70-51-44(27)45(55-39(23-43(64)65)48-58-57-31(5)61(48)51)33-13-15-36(16-14-33)59-20-19-35-21-38(17-18-40(35)59)68-25-42(63)56-47(52(6,7)8)50(67)60-24-37(62)22-41(60)49(66)54-28(2)32-9-11-34(12-10-32)46-29(3)53-26-69-46/h9-18,21,26,28,37,39,41,47,62H,19-20,22-25H2,1-8H3,(H,54,66)(H,56,63)(H,64,65)/t28?,37-,39+,41+,47?/m1/s1. The van der Waals surface area contributed by atoms with Crippen molar-refractivity contribution in [2.45, 2.75) is 105 Å². The average Bonchev–Trinajstić information content (AvgIpc) is 4.16. The summed E-state index contributed by atoms with van der Waals surface area (Å²) in [7, 11) is 0. The lowest BCUT2D eigenvalue weighted by Crippen LogP contribution is -2.58. The fourth-order valence-electron chi connectivity index (χ4n) is 9.59. The number of amides is 3. The Morgan fingerprint density at radius 2 is 1.67 bits per heavy atom. The molecule has 3 aliphatic heterocycles. The van der Waals surface area contributed by atoms with E-state index in [1.54, 1.807) is 22.7 Å². The van der Waals surface area contributed by atoms with E-state index >= 15 is 0 Å². The number of hydrogen-bond acceptors (Lipinski definition) is 13. The number of carboxylic acids is 1. The number of hydrogen-bond donors (Lipinski definition) is 4. The molecule has 2 unspecified atom stereocenters. The molecule has 9 rings (SSSR count). The van der Waals surface area contributed by atoms with Crippen LogP contribution in [0.1, 0.15) is 103 Å². The summed E-state index contributed by atoms with van der Waals surface area (Å²) in [6, 6.07) is 18.8. The molecule has 5 atom stereocenters. The van der Waals surface area contributed by atoms with Gasteiger partial charge >= 0.3 is 5.97 Å². The molecule has 3 aromatic heterocycles. The highest BCUT2D eigenvalue weighted by Gasteiger charge is 2.45. The molecule has 0 spiro atoms. The van der Waals surface area contributed by atoms with E-state index in [0.29, 0.717) is 17.4 Å². The molecule has 0 aliphatic carbocycles. The molecule has 1 saturated heterocycles. The molecule has 364 valence electrons. The number of carboxylic acid groups (broad SMARTS) is 1. The fraction of sp³-hybridized carbons (Fsp3) is 0.385. The number of carbonyl (C=O) groups is 4. The normalized spacial score (nSPS) is 18.3. The van der Waals surface area contributed by atoms with Crippen LogP contribution in [-0.4, -0.2) is 102 Å². The quantitative estimate of drug-likeness (QED) is 0.0892. The zero-order chi connectivity index (χ0) is 49.8. The van der Waals surface area contributed by atoms with Crippen LogP contribution in [0.2, 0.25) is 0 Å². The number of nitrogens with one attached hydrogen (secondary N) is 2. The number of ether oxygens (including phenoxy) is 1. The van der Waals surface area contributed by atoms with Crippen molar-refractivity contribution < 1.29 is 34.1 Å². The first-order valence-corrected chi connectivity index (χ1v) is 25.1. The van der Waals surface area contributed by atoms with Gasteiger partial charge in [0, 0.05) is 46.9 Å². The van der Waals surface area contributed by atoms with Gasteiger partial charge in [-0.3, -0.25) is 28.7 Å². The van der Waals surface area contributed by atoms with E-state index in [-0.39, 0.29) is 37.9 Å². The number of aromatic nitrogens is 4. The van der Waals surface area contributed by atoms with Crippen LogP contribution in [0, 0.1) is 33.1 Å². The number of aliphatic hydroxyl groups excluding tert-OH is 1.